The van der Waals surface area contributed by atoms with Crippen LogP contribution in [-0.2, 0) is 0 Å². The van der Waals surface area contributed by atoms with Gasteiger partial charge in [-0.1, -0.05) is 30.2 Å². The zero-order valence-corrected chi connectivity index (χ0v) is 7.40. The van der Waals surface area contributed by atoms with Crippen LogP contribution in [0.15, 0.2) is 24.3 Å². The van der Waals surface area contributed by atoms with E-state index in [1.807, 2.05) is 12.1 Å². The van der Waals surface area contributed by atoms with Gasteiger partial charge in [0.25, 0.3) is 0 Å². The average Bonchev–Trinajstić information content (AvgIpc) is 2.60. The smallest absolute Gasteiger partial charge is 0.283 e. The normalized spacial score (nSPS) is 10.2. The summed E-state index contributed by atoms with van der Waals surface area (Å²) in [5.41, 5.74) is 1.34. The second kappa shape index (κ2) is 3.06. The molecular formula is C7H6N4OS. The largest absolute Gasteiger partial charge is 0.353 e. The number of aromatic nitrogens is 3. The van der Waals surface area contributed by atoms with Gasteiger partial charge in [-0.3, -0.25) is 4.72 Å². The molecule has 0 fully saturated rings. The molecule has 2 aromatic rings. The fourth-order valence-electron chi connectivity index (χ4n) is 1.07. The molecule has 0 saturated heterocycles. The van der Waals surface area contributed by atoms with Gasteiger partial charge in [-0.25, -0.2) is 4.79 Å². The first-order valence-corrected chi connectivity index (χ1v) is 4.02. The number of hydrogen-bond donors (Lipinski definition) is 2. The summed E-state index contributed by atoms with van der Waals surface area (Å²) in [5, 5.41) is 7.48. The van der Waals surface area contributed by atoms with E-state index >= 15 is 0 Å². The molecule has 13 heavy (non-hydrogen) atoms. The molecule has 6 heteroatoms. The Morgan fingerprint density at radius 2 is 2.23 bits per heavy atom. The third-order valence-electron chi connectivity index (χ3n) is 1.64. The lowest BCUT2D eigenvalue weighted by atomic mass is 10.3. The monoisotopic (exact) mass is 194 g/mol. The maximum atomic E-state index is 11.2. The van der Waals surface area contributed by atoms with Gasteiger partial charge in [0, 0.05) is 0 Å². The summed E-state index contributed by atoms with van der Waals surface area (Å²) in [6, 6.07) is 6.77. The lowest BCUT2D eigenvalue weighted by Gasteiger charge is -1.96. The van der Waals surface area contributed by atoms with Gasteiger partial charge >= 0.3 is 6.03 Å². The van der Waals surface area contributed by atoms with Crippen molar-refractivity contribution in [2.75, 3.05) is 0 Å². The number of fused-ring (bicyclic) bond motifs is 1. The van der Waals surface area contributed by atoms with Crippen LogP contribution >= 0.6 is 12.8 Å². The van der Waals surface area contributed by atoms with Gasteiger partial charge in [0.2, 0.25) is 0 Å². The van der Waals surface area contributed by atoms with Gasteiger partial charge < -0.3 is 0 Å². The van der Waals surface area contributed by atoms with Crippen molar-refractivity contribution in [1.82, 2.24) is 19.7 Å². The van der Waals surface area contributed by atoms with E-state index in [2.05, 4.69) is 27.8 Å². The zero-order chi connectivity index (χ0) is 9.26. The Bertz CT molecular complexity index is 452. The minimum absolute atomic E-state index is 0.419. The van der Waals surface area contributed by atoms with Gasteiger partial charge in [-0.2, -0.15) is 4.68 Å². The zero-order valence-electron chi connectivity index (χ0n) is 6.51. The highest BCUT2D eigenvalue weighted by molar-refractivity contribution is 7.78. The van der Waals surface area contributed by atoms with Crippen LogP contribution in [0.3, 0.4) is 0 Å². The number of para-hydroxylation sites is 1. The van der Waals surface area contributed by atoms with Crippen LogP contribution in [0.5, 0.6) is 0 Å². The van der Waals surface area contributed by atoms with Crippen LogP contribution in [-0.4, -0.2) is 21.0 Å². The molecule has 0 atom stereocenters. The van der Waals surface area contributed by atoms with E-state index in [1.54, 1.807) is 12.1 Å². The van der Waals surface area contributed by atoms with Crippen molar-refractivity contribution in [2.45, 2.75) is 0 Å². The Balaban J connectivity index is 2.64. The standard InChI is InChI=1S/C7H6N4OS/c12-7(9-13)11-6-4-2-1-3-5(6)8-10-11/h1-4,13H,(H,9,12). The molecule has 0 aliphatic carbocycles. The molecule has 1 amide bonds. The van der Waals surface area contributed by atoms with Crippen LogP contribution in [0.25, 0.3) is 11.0 Å². The number of hydrogen-bond acceptors (Lipinski definition) is 4. The Hall–Kier alpha value is -1.56. The fraction of sp³-hybridized carbons (Fsp3) is 0. The van der Waals surface area contributed by atoms with Gasteiger partial charge in [0.1, 0.15) is 5.52 Å². The van der Waals surface area contributed by atoms with E-state index < -0.39 is 6.03 Å². The Morgan fingerprint density at radius 1 is 1.46 bits per heavy atom. The predicted octanol–water partition coefficient (Wildman–Crippen LogP) is 0.834. The van der Waals surface area contributed by atoms with Gasteiger partial charge in [0.05, 0.1) is 5.52 Å². The maximum Gasteiger partial charge on any atom is 0.353 e. The highest BCUT2D eigenvalue weighted by Crippen LogP contribution is 2.08. The van der Waals surface area contributed by atoms with Gasteiger partial charge in [-0.15, -0.1) is 5.10 Å². The van der Waals surface area contributed by atoms with Gasteiger partial charge in [0.15, 0.2) is 0 Å². The molecule has 5 nitrogen and oxygen atoms in total. The molecule has 1 aromatic carbocycles. The molecule has 0 unspecified atom stereocenters. The number of benzene rings is 1. The molecule has 0 bridgehead atoms. The molecule has 1 heterocycles. The van der Waals surface area contributed by atoms with Crippen molar-refractivity contribution in [1.29, 1.82) is 0 Å². The summed E-state index contributed by atoms with van der Waals surface area (Å²) in [4.78, 5) is 11.2. The second-order valence-corrected chi connectivity index (χ2v) is 2.63. The van der Waals surface area contributed by atoms with Crippen molar-refractivity contribution in [3.05, 3.63) is 24.3 Å². The van der Waals surface area contributed by atoms with E-state index in [-0.39, 0.29) is 0 Å². The van der Waals surface area contributed by atoms with Crippen LogP contribution in [0.2, 0.25) is 0 Å². The van der Waals surface area contributed by atoms with Gasteiger partial charge in [-0.05, 0) is 12.1 Å². The number of carbonyl (C=O) groups is 1. The fourth-order valence-corrected chi connectivity index (χ4v) is 1.16. The number of rotatable bonds is 0. The third-order valence-corrected chi connectivity index (χ3v) is 1.83. The van der Waals surface area contributed by atoms with E-state index in [1.165, 1.54) is 0 Å². The molecule has 0 spiro atoms. The summed E-state index contributed by atoms with van der Waals surface area (Å²) in [6.45, 7) is 0. The SMILES string of the molecule is O=C(NS)n1nnc2ccccc21. The lowest BCUT2D eigenvalue weighted by molar-refractivity contribution is 0.245. The lowest BCUT2D eigenvalue weighted by Crippen LogP contribution is -2.21. The first-order chi connectivity index (χ1) is 6.33. The van der Waals surface area contributed by atoms with E-state index in [0.29, 0.717) is 11.0 Å². The van der Waals surface area contributed by atoms with E-state index in [9.17, 15) is 4.79 Å². The Kier molecular flexibility index (Phi) is 1.90. The molecule has 0 radical (unpaired) electrons. The first-order valence-electron chi connectivity index (χ1n) is 3.58. The molecule has 1 aromatic heterocycles. The highest BCUT2D eigenvalue weighted by Gasteiger charge is 2.08. The second-order valence-electron chi connectivity index (χ2n) is 2.41. The number of carbonyl (C=O) groups excluding carboxylic acids is 1. The first kappa shape index (κ1) is 8.06. The minimum Gasteiger partial charge on any atom is -0.283 e. The summed E-state index contributed by atoms with van der Waals surface area (Å²) in [5.74, 6) is 0. The number of amides is 1. The number of nitrogens with zero attached hydrogens (tertiary/aromatic N) is 3. The van der Waals surface area contributed by atoms with E-state index in [0.717, 1.165) is 4.68 Å². The summed E-state index contributed by atoms with van der Waals surface area (Å²) in [7, 11) is 0. The van der Waals surface area contributed by atoms with Crippen molar-refractivity contribution < 1.29 is 4.79 Å². The van der Waals surface area contributed by atoms with Crippen LogP contribution in [0.1, 0.15) is 0 Å². The van der Waals surface area contributed by atoms with Crippen LogP contribution in [0.4, 0.5) is 4.79 Å². The van der Waals surface area contributed by atoms with Crippen LogP contribution in [0, 0.1) is 0 Å². The molecule has 0 aliphatic rings. The minimum atomic E-state index is -0.419. The average molecular weight is 194 g/mol. The Labute approximate surface area is 79.3 Å². The maximum absolute atomic E-state index is 11.2. The van der Waals surface area contributed by atoms with Crippen molar-refractivity contribution in [2.24, 2.45) is 0 Å². The summed E-state index contributed by atoms with van der Waals surface area (Å²) >= 11 is 3.64. The molecule has 66 valence electrons. The summed E-state index contributed by atoms with van der Waals surface area (Å²) in [6.07, 6.45) is 0. The van der Waals surface area contributed by atoms with Crippen molar-refractivity contribution in [3.63, 3.8) is 0 Å². The van der Waals surface area contributed by atoms with Crippen molar-refractivity contribution in [3.8, 4) is 0 Å². The molecule has 0 aliphatic heterocycles. The van der Waals surface area contributed by atoms with E-state index in [4.69, 9.17) is 0 Å². The topological polar surface area (TPSA) is 59.8 Å². The van der Waals surface area contributed by atoms with Crippen molar-refractivity contribution >= 4 is 29.9 Å². The Morgan fingerprint density at radius 3 is 3.00 bits per heavy atom. The number of thiol groups is 1. The quantitative estimate of drug-likeness (QED) is 0.611. The molecule has 2 rings (SSSR count). The predicted molar refractivity (Wildman–Crippen MR) is 50.4 cm³/mol. The summed E-state index contributed by atoms with van der Waals surface area (Å²) < 4.78 is 3.33. The third kappa shape index (κ3) is 1.25. The molecular weight excluding hydrogens is 188 g/mol. The number of nitrogens with one attached hydrogen (secondary N) is 1. The van der Waals surface area contributed by atoms with Crippen LogP contribution < -0.4 is 4.72 Å². The highest BCUT2D eigenvalue weighted by atomic mass is 32.1. The molecule has 1 N–H and O–H groups in total. The molecule has 0 saturated carbocycles.